The predicted molar refractivity (Wildman–Crippen MR) is 58.1 cm³/mol. The summed E-state index contributed by atoms with van der Waals surface area (Å²) in [6.45, 7) is 3.22. The van der Waals surface area contributed by atoms with Crippen molar-refractivity contribution >= 4 is 5.91 Å². The second kappa shape index (κ2) is 6.02. The normalized spacial score (nSPS) is 28.1. The third kappa shape index (κ3) is 3.29. The molecule has 3 nitrogen and oxygen atoms in total. The number of likely N-dealkylation sites (N-methyl/N-ethyl adjacent to an activating group) is 1. The summed E-state index contributed by atoms with van der Waals surface area (Å²) in [6.07, 6.45) is 5.97. The molecular weight excluding hydrogens is 176 g/mol. The molecule has 0 aliphatic carbocycles. The molecule has 0 aromatic carbocycles. The summed E-state index contributed by atoms with van der Waals surface area (Å²) >= 11 is 0. The van der Waals surface area contributed by atoms with Gasteiger partial charge in [-0.05, 0) is 31.7 Å². The van der Waals surface area contributed by atoms with E-state index in [0.717, 1.165) is 18.9 Å². The van der Waals surface area contributed by atoms with Gasteiger partial charge in [-0.2, -0.15) is 0 Å². The van der Waals surface area contributed by atoms with Crippen LogP contribution < -0.4 is 10.6 Å². The zero-order valence-corrected chi connectivity index (χ0v) is 9.31. The first-order valence-electron chi connectivity index (χ1n) is 5.73. The molecule has 0 aromatic heterocycles. The monoisotopic (exact) mass is 198 g/mol. The van der Waals surface area contributed by atoms with Crippen molar-refractivity contribution in [2.75, 3.05) is 13.6 Å². The van der Waals surface area contributed by atoms with Crippen molar-refractivity contribution in [1.82, 2.24) is 10.6 Å². The van der Waals surface area contributed by atoms with Gasteiger partial charge in [-0.15, -0.1) is 0 Å². The van der Waals surface area contributed by atoms with Crippen LogP contribution in [0.4, 0.5) is 0 Å². The highest BCUT2D eigenvalue weighted by Gasteiger charge is 2.21. The molecule has 1 amide bonds. The zero-order chi connectivity index (χ0) is 10.4. The molecule has 1 heterocycles. The van der Waals surface area contributed by atoms with Gasteiger partial charge < -0.3 is 10.6 Å². The molecule has 1 aliphatic heterocycles. The van der Waals surface area contributed by atoms with E-state index in [1.165, 1.54) is 25.7 Å². The van der Waals surface area contributed by atoms with E-state index in [9.17, 15) is 4.79 Å². The smallest absolute Gasteiger partial charge is 0.236 e. The lowest BCUT2D eigenvalue weighted by Gasteiger charge is -2.13. The SMILES string of the molecule is CCCC1CCN[C@H](C(=O)NC)CC1. The summed E-state index contributed by atoms with van der Waals surface area (Å²) < 4.78 is 0. The molecule has 1 unspecified atom stereocenters. The zero-order valence-electron chi connectivity index (χ0n) is 9.31. The molecule has 0 saturated carbocycles. The van der Waals surface area contributed by atoms with Crippen LogP contribution in [0.2, 0.25) is 0 Å². The van der Waals surface area contributed by atoms with Crippen molar-refractivity contribution in [3.63, 3.8) is 0 Å². The standard InChI is InChI=1S/C11H22N2O/c1-3-4-9-5-6-10(11(14)12-2)13-8-7-9/h9-10,13H,3-8H2,1-2H3,(H,12,14)/t9?,10-/m0/s1. The highest BCUT2D eigenvalue weighted by Crippen LogP contribution is 2.20. The van der Waals surface area contributed by atoms with Gasteiger partial charge in [-0.1, -0.05) is 19.8 Å². The maximum atomic E-state index is 11.4. The predicted octanol–water partition coefficient (Wildman–Crippen LogP) is 1.29. The average molecular weight is 198 g/mol. The molecule has 0 bridgehead atoms. The maximum absolute atomic E-state index is 11.4. The van der Waals surface area contributed by atoms with Crippen molar-refractivity contribution in [3.05, 3.63) is 0 Å². The fraction of sp³-hybridized carbons (Fsp3) is 0.909. The second-order valence-corrected chi connectivity index (χ2v) is 4.14. The fourth-order valence-corrected chi connectivity index (χ4v) is 2.21. The lowest BCUT2D eigenvalue weighted by Crippen LogP contribution is -2.42. The third-order valence-electron chi connectivity index (χ3n) is 3.07. The van der Waals surface area contributed by atoms with Gasteiger partial charge in [-0.3, -0.25) is 4.79 Å². The van der Waals surface area contributed by atoms with Crippen LogP contribution in [0, 0.1) is 5.92 Å². The number of rotatable bonds is 3. The van der Waals surface area contributed by atoms with E-state index in [2.05, 4.69) is 17.6 Å². The van der Waals surface area contributed by atoms with Crippen LogP contribution >= 0.6 is 0 Å². The molecule has 3 heteroatoms. The Hall–Kier alpha value is -0.570. The minimum Gasteiger partial charge on any atom is -0.358 e. The van der Waals surface area contributed by atoms with E-state index in [1.54, 1.807) is 7.05 Å². The van der Waals surface area contributed by atoms with E-state index in [1.807, 2.05) is 0 Å². The van der Waals surface area contributed by atoms with Crippen molar-refractivity contribution in [1.29, 1.82) is 0 Å². The summed E-state index contributed by atoms with van der Waals surface area (Å²) in [5.41, 5.74) is 0. The van der Waals surface area contributed by atoms with E-state index < -0.39 is 0 Å². The first-order valence-corrected chi connectivity index (χ1v) is 5.73. The molecule has 0 aromatic rings. The van der Waals surface area contributed by atoms with Crippen LogP contribution in [-0.2, 0) is 4.79 Å². The van der Waals surface area contributed by atoms with Gasteiger partial charge in [0.25, 0.3) is 0 Å². The van der Waals surface area contributed by atoms with Crippen LogP contribution in [0.3, 0.4) is 0 Å². The van der Waals surface area contributed by atoms with Gasteiger partial charge in [0.2, 0.25) is 5.91 Å². The molecular formula is C11H22N2O. The Balaban J connectivity index is 2.36. The Morgan fingerprint density at radius 2 is 2.21 bits per heavy atom. The Kier molecular flexibility index (Phi) is 4.94. The first kappa shape index (κ1) is 11.5. The molecule has 1 aliphatic rings. The van der Waals surface area contributed by atoms with Gasteiger partial charge in [0.05, 0.1) is 6.04 Å². The molecule has 0 radical (unpaired) electrons. The minimum atomic E-state index is 0.0434. The maximum Gasteiger partial charge on any atom is 0.236 e. The summed E-state index contributed by atoms with van der Waals surface area (Å²) in [5.74, 6) is 0.962. The summed E-state index contributed by atoms with van der Waals surface area (Å²) in [7, 11) is 1.71. The third-order valence-corrected chi connectivity index (χ3v) is 3.07. The quantitative estimate of drug-likeness (QED) is 0.717. The Morgan fingerprint density at radius 1 is 1.43 bits per heavy atom. The topological polar surface area (TPSA) is 41.1 Å². The fourth-order valence-electron chi connectivity index (χ4n) is 2.21. The molecule has 0 spiro atoms. The first-order chi connectivity index (χ1) is 6.77. The van der Waals surface area contributed by atoms with Gasteiger partial charge in [0.15, 0.2) is 0 Å². The highest BCUT2D eigenvalue weighted by atomic mass is 16.2. The summed E-state index contributed by atoms with van der Waals surface area (Å²) in [6, 6.07) is 0.0434. The van der Waals surface area contributed by atoms with Crippen LogP contribution in [-0.4, -0.2) is 25.5 Å². The van der Waals surface area contributed by atoms with Crippen LogP contribution in [0.1, 0.15) is 39.0 Å². The van der Waals surface area contributed by atoms with Gasteiger partial charge >= 0.3 is 0 Å². The Bertz CT molecular complexity index is 182. The van der Waals surface area contributed by atoms with Crippen LogP contribution in [0.5, 0.6) is 0 Å². The van der Waals surface area contributed by atoms with Crippen molar-refractivity contribution in [3.8, 4) is 0 Å². The van der Waals surface area contributed by atoms with E-state index in [0.29, 0.717) is 0 Å². The van der Waals surface area contributed by atoms with Gasteiger partial charge in [0.1, 0.15) is 0 Å². The lowest BCUT2D eigenvalue weighted by molar-refractivity contribution is -0.122. The number of carbonyl (C=O) groups is 1. The average Bonchev–Trinajstić information content (AvgIpc) is 2.43. The Labute approximate surface area is 86.6 Å². The minimum absolute atomic E-state index is 0.0434. The summed E-state index contributed by atoms with van der Waals surface area (Å²) in [5, 5.41) is 6.02. The second-order valence-electron chi connectivity index (χ2n) is 4.14. The largest absolute Gasteiger partial charge is 0.358 e. The summed E-state index contributed by atoms with van der Waals surface area (Å²) in [4.78, 5) is 11.4. The van der Waals surface area contributed by atoms with E-state index >= 15 is 0 Å². The highest BCUT2D eigenvalue weighted by molar-refractivity contribution is 5.81. The van der Waals surface area contributed by atoms with Crippen LogP contribution in [0.15, 0.2) is 0 Å². The Morgan fingerprint density at radius 3 is 2.86 bits per heavy atom. The van der Waals surface area contributed by atoms with Gasteiger partial charge in [0, 0.05) is 7.05 Å². The molecule has 1 fully saturated rings. The van der Waals surface area contributed by atoms with Crippen molar-refractivity contribution in [2.45, 2.75) is 45.1 Å². The number of carbonyl (C=O) groups excluding carboxylic acids is 1. The van der Waals surface area contributed by atoms with Gasteiger partial charge in [-0.25, -0.2) is 0 Å². The molecule has 2 atom stereocenters. The molecule has 1 rings (SSSR count). The number of hydrogen-bond acceptors (Lipinski definition) is 2. The number of hydrogen-bond donors (Lipinski definition) is 2. The number of nitrogens with one attached hydrogen (secondary N) is 2. The molecule has 14 heavy (non-hydrogen) atoms. The molecule has 1 saturated heterocycles. The molecule has 2 N–H and O–H groups in total. The van der Waals surface area contributed by atoms with E-state index in [-0.39, 0.29) is 11.9 Å². The van der Waals surface area contributed by atoms with E-state index in [4.69, 9.17) is 0 Å². The molecule has 82 valence electrons. The lowest BCUT2D eigenvalue weighted by atomic mass is 9.94. The van der Waals surface area contributed by atoms with Crippen molar-refractivity contribution < 1.29 is 4.79 Å². The van der Waals surface area contributed by atoms with Crippen LogP contribution in [0.25, 0.3) is 0 Å². The van der Waals surface area contributed by atoms with Crippen molar-refractivity contribution in [2.24, 2.45) is 5.92 Å². The number of amides is 1.